The van der Waals surface area contributed by atoms with Crippen LogP contribution in [-0.4, -0.2) is 59.9 Å². The minimum absolute atomic E-state index is 0.00467. The summed E-state index contributed by atoms with van der Waals surface area (Å²) in [5.74, 6) is 0.714. The van der Waals surface area contributed by atoms with Crippen molar-refractivity contribution in [3.63, 3.8) is 0 Å². The second-order valence-electron chi connectivity index (χ2n) is 4.48. The van der Waals surface area contributed by atoms with Crippen LogP contribution >= 0.6 is 0 Å². The summed E-state index contributed by atoms with van der Waals surface area (Å²) >= 11 is 0. The molecular formula is C11H23NO4S. The SMILES string of the molecule is CNC(CS(=O)(=O)CCCOC)C1CCOC1. The third-order valence-electron chi connectivity index (χ3n) is 3.14. The van der Waals surface area contributed by atoms with Gasteiger partial charge in [-0.2, -0.15) is 0 Å². The molecule has 0 saturated carbocycles. The molecule has 102 valence electrons. The summed E-state index contributed by atoms with van der Waals surface area (Å²) in [7, 11) is 0.395. The molecule has 1 aliphatic rings. The van der Waals surface area contributed by atoms with Crippen LogP contribution in [0.15, 0.2) is 0 Å². The molecule has 0 aromatic rings. The molecule has 1 N–H and O–H groups in total. The van der Waals surface area contributed by atoms with E-state index in [-0.39, 0.29) is 17.5 Å². The van der Waals surface area contributed by atoms with Crippen LogP contribution in [0.3, 0.4) is 0 Å². The molecule has 0 radical (unpaired) electrons. The van der Waals surface area contributed by atoms with Gasteiger partial charge in [-0.1, -0.05) is 0 Å². The van der Waals surface area contributed by atoms with E-state index in [1.54, 1.807) is 7.11 Å². The largest absolute Gasteiger partial charge is 0.385 e. The molecule has 5 nitrogen and oxygen atoms in total. The first-order valence-electron chi connectivity index (χ1n) is 6.03. The van der Waals surface area contributed by atoms with Gasteiger partial charge >= 0.3 is 0 Å². The maximum absolute atomic E-state index is 11.9. The summed E-state index contributed by atoms with van der Waals surface area (Å²) in [5.41, 5.74) is 0. The summed E-state index contributed by atoms with van der Waals surface area (Å²) in [6.07, 6.45) is 1.51. The molecule has 0 bridgehead atoms. The van der Waals surface area contributed by atoms with Crippen molar-refractivity contribution in [2.75, 3.05) is 45.5 Å². The van der Waals surface area contributed by atoms with Crippen LogP contribution in [0.1, 0.15) is 12.8 Å². The van der Waals surface area contributed by atoms with Crippen LogP contribution in [0.4, 0.5) is 0 Å². The summed E-state index contributed by atoms with van der Waals surface area (Å²) in [5, 5.41) is 3.10. The summed E-state index contributed by atoms with van der Waals surface area (Å²) < 4.78 is 34.0. The van der Waals surface area contributed by atoms with Gasteiger partial charge in [0.2, 0.25) is 0 Å². The average Bonchev–Trinajstić information content (AvgIpc) is 2.79. The van der Waals surface area contributed by atoms with E-state index in [1.165, 1.54) is 0 Å². The summed E-state index contributed by atoms with van der Waals surface area (Å²) in [4.78, 5) is 0. The van der Waals surface area contributed by atoms with Gasteiger partial charge in [0.1, 0.15) is 0 Å². The van der Waals surface area contributed by atoms with Gasteiger partial charge in [-0.25, -0.2) is 8.42 Å². The summed E-state index contributed by atoms with van der Waals surface area (Å²) in [6.45, 7) is 1.90. The maximum Gasteiger partial charge on any atom is 0.151 e. The Kier molecular flexibility index (Phi) is 6.40. The lowest BCUT2D eigenvalue weighted by atomic mass is 10.0. The maximum atomic E-state index is 11.9. The minimum Gasteiger partial charge on any atom is -0.385 e. The highest BCUT2D eigenvalue weighted by atomic mass is 32.2. The van der Waals surface area contributed by atoms with Gasteiger partial charge in [0, 0.05) is 32.3 Å². The number of hydrogen-bond acceptors (Lipinski definition) is 5. The summed E-state index contributed by atoms with van der Waals surface area (Å²) in [6, 6.07) is 0.00467. The van der Waals surface area contributed by atoms with E-state index in [2.05, 4.69) is 5.32 Å². The van der Waals surface area contributed by atoms with Crippen molar-refractivity contribution in [3.05, 3.63) is 0 Å². The molecule has 0 aliphatic carbocycles. The molecule has 1 aliphatic heterocycles. The molecule has 2 unspecified atom stereocenters. The molecule has 0 spiro atoms. The number of sulfone groups is 1. The number of methoxy groups -OCH3 is 1. The van der Waals surface area contributed by atoms with Crippen LogP contribution in [0.5, 0.6) is 0 Å². The number of nitrogens with one attached hydrogen (secondary N) is 1. The van der Waals surface area contributed by atoms with E-state index in [1.807, 2.05) is 7.05 Å². The van der Waals surface area contributed by atoms with Gasteiger partial charge in [0.05, 0.1) is 18.1 Å². The Morgan fingerprint density at radius 3 is 2.82 bits per heavy atom. The van der Waals surface area contributed by atoms with Gasteiger partial charge in [-0.05, 0) is 19.9 Å². The molecule has 0 aromatic carbocycles. The predicted octanol–water partition coefficient (Wildman–Crippen LogP) is 0.0622. The molecule has 0 amide bonds. The number of hydrogen-bond donors (Lipinski definition) is 1. The fourth-order valence-electron chi connectivity index (χ4n) is 2.11. The number of ether oxygens (including phenoxy) is 2. The Hall–Kier alpha value is -0.170. The van der Waals surface area contributed by atoms with Crippen LogP contribution in [0.2, 0.25) is 0 Å². The molecule has 1 saturated heterocycles. The van der Waals surface area contributed by atoms with Crippen molar-refractivity contribution < 1.29 is 17.9 Å². The van der Waals surface area contributed by atoms with Crippen molar-refractivity contribution >= 4 is 9.84 Å². The van der Waals surface area contributed by atoms with Crippen molar-refractivity contribution in [1.29, 1.82) is 0 Å². The quantitative estimate of drug-likeness (QED) is 0.629. The third kappa shape index (κ3) is 5.33. The first-order valence-corrected chi connectivity index (χ1v) is 7.85. The standard InChI is InChI=1S/C11H23NO4S/c1-12-11(10-4-6-16-8-10)9-17(13,14)7-3-5-15-2/h10-12H,3-9H2,1-2H3. The molecule has 1 rings (SSSR count). The number of rotatable bonds is 8. The van der Waals surface area contributed by atoms with Gasteiger partial charge in [-0.3, -0.25) is 0 Å². The van der Waals surface area contributed by atoms with E-state index in [0.29, 0.717) is 25.6 Å². The molecular weight excluding hydrogens is 242 g/mol. The predicted molar refractivity (Wildman–Crippen MR) is 66.9 cm³/mol. The van der Waals surface area contributed by atoms with E-state index in [0.717, 1.165) is 13.0 Å². The molecule has 1 fully saturated rings. The topological polar surface area (TPSA) is 64.6 Å². The molecule has 2 atom stereocenters. The van der Waals surface area contributed by atoms with E-state index in [9.17, 15) is 8.42 Å². The Labute approximate surface area is 104 Å². The van der Waals surface area contributed by atoms with Crippen molar-refractivity contribution in [2.24, 2.45) is 5.92 Å². The van der Waals surface area contributed by atoms with Gasteiger partial charge in [0.25, 0.3) is 0 Å². The lowest BCUT2D eigenvalue weighted by molar-refractivity contribution is 0.179. The average molecular weight is 265 g/mol. The fraction of sp³-hybridized carbons (Fsp3) is 1.00. The zero-order chi connectivity index (χ0) is 12.7. The molecule has 17 heavy (non-hydrogen) atoms. The van der Waals surface area contributed by atoms with Crippen molar-refractivity contribution in [3.8, 4) is 0 Å². The highest BCUT2D eigenvalue weighted by Gasteiger charge is 2.28. The normalized spacial score (nSPS) is 22.8. The molecule has 0 aromatic heterocycles. The Balaban J connectivity index is 2.42. The lowest BCUT2D eigenvalue weighted by Crippen LogP contribution is -2.40. The highest BCUT2D eigenvalue weighted by Crippen LogP contribution is 2.18. The highest BCUT2D eigenvalue weighted by molar-refractivity contribution is 7.91. The molecule has 6 heteroatoms. The van der Waals surface area contributed by atoms with Crippen LogP contribution in [0.25, 0.3) is 0 Å². The second-order valence-corrected chi connectivity index (χ2v) is 6.71. The Bertz CT molecular complexity index is 299. The van der Waals surface area contributed by atoms with E-state index in [4.69, 9.17) is 9.47 Å². The molecule has 1 heterocycles. The zero-order valence-electron chi connectivity index (χ0n) is 10.6. The van der Waals surface area contributed by atoms with E-state index < -0.39 is 9.84 Å². The van der Waals surface area contributed by atoms with Crippen LogP contribution in [0, 0.1) is 5.92 Å². The first-order chi connectivity index (χ1) is 8.09. The van der Waals surface area contributed by atoms with Gasteiger partial charge in [0.15, 0.2) is 9.84 Å². The Morgan fingerprint density at radius 2 is 2.29 bits per heavy atom. The van der Waals surface area contributed by atoms with Crippen LogP contribution < -0.4 is 5.32 Å². The van der Waals surface area contributed by atoms with E-state index >= 15 is 0 Å². The second kappa shape index (κ2) is 7.31. The Morgan fingerprint density at radius 1 is 1.53 bits per heavy atom. The first kappa shape index (κ1) is 14.9. The minimum atomic E-state index is -3.00. The van der Waals surface area contributed by atoms with Gasteiger partial charge < -0.3 is 14.8 Å². The third-order valence-corrected chi connectivity index (χ3v) is 4.92. The zero-order valence-corrected chi connectivity index (χ0v) is 11.5. The monoisotopic (exact) mass is 265 g/mol. The van der Waals surface area contributed by atoms with Crippen LogP contribution in [-0.2, 0) is 19.3 Å². The van der Waals surface area contributed by atoms with Crippen molar-refractivity contribution in [2.45, 2.75) is 18.9 Å². The van der Waals surface area contributed by atoms with Gasteiger partial charge in [-0.15, -0.1) is 0 Å². The van der Waals surface area contributed by atoms with Crippen molar-refractivity contribution in [1.82, 2.24) is 5.32 Å². The fourth-order valence-corrected chi connectivity index (χ4v) is 3.82. The lowest BCUT2D eigenvalue weighted by Gasteiger charge is -2.21. The smallest absolute Gasteiger partial charge is 0.151 e.